The Morgan fingerprint density at radius 1 is 1.13 bits per heavy atom. The number of halogens is 2. The van der Waals surface area contributed by atoms with Crippen molar-refractivity contribution >= 4 is 31.9 Å². The Bertz CT molecular complexity index is 357. The molecule has 0 radical (unpaired) electrons. The third-order valence-electron chi connectivity index (χ3n) is 3.01. The molecule has 0 nitrogen and oxygen atoms in total. The van der Waals surface area contributed by atoms with Crippen molar-refractivity contribution in [3.05, 3.63) is 35.4 Å². The van der Waals surface area contributed by atoms with Crippen molar-refractivity contribution in [2.45, 2.75) is 41.8 Å². The molecule has 0 aliphatic heterocycles. The van der Waals surface area contributed by atoms with Crippen molar-refractivity contribution in [3.8, 4) is 0 Å². The lowest BCUT2D eigenvalue weighted by Crippen LogP contribution is -2.10. The molecule has 0 saturated heterocycles. The van der Waals surface area contributed by atoms with E-state index in [1.54, 1.807) is 0 Å². The summed E-state index contributed by atoms with van der Waals surface area (Å²) in [4.78, 5) is 0. The van der Waals surface area contributed by atoms with E-state index in [4.69, 9.17) is 0 Å². The number of benzene rings is 1. The number of hydrogen-bond donors (Lipinski definition) is 0. The number of rotatable bonds is 1. The maximum atomic E-state index is 3.66. The van der Waals surface area contributed by atoms with Gasteiger partial charge in [0.1, 0.15) is 0 Å². The lowest BCUT2D eigenvalue weighted by molar-refractivity contribution is 0.590. The number of hydrogen-bond acceptors (Lipinski definition) is 0. The minimum atomic E-state index is 0.170. The molecule has 1 aliphatic rings. The zero-order valence-electron chi connectivity index (χ0n) is 9.35. The van der Waals surface area contributed by atoms with Gasteiger partial charge >= 0.3 is 0 Å². The SMILES string of the molecule is CC(C)(C)c1ccc([C@H]2CC2(Br)Br)cc1. The fraction of sp³-hybridized carbons (Fsp3) is 0.538. The van der Waals surface area contributed by atoms with E-state index >= 15 is 0 Å². The zero-order chi connectivity index (χ0) is 11.3. The summed E-state index contributed by atoms with van der Waals surface area (Å²) in [6.07, 6.45) is 1.18. The van der Waals surface area contributed by atoms with Gasteiger partial charge in [-0.25, -0.2) is 0 Å². The molecule has 2 rings (SSSR count). The van der Waals surface area contributed by atoms with E-state index in [9.17, 15) is 0 Å². The van der Waals surface area contributed by atoms with Crippen LogP contribution in [-0.4, -0.2) is 3.23 Å². The lowest BCUT2D eigenvalue weighted by Gasteiger charge is -2.19. The van der Waals surface area contributed by atoms with Gasteiger partial charge in [-0.05, 0) is 23.0 Å². The van der Waals surface area contributed by atoms with Crippen LogP contribution in [0.4, 0.5) is 0 Å². The first-order chi connectivity index (χ1) is 6.81. The van der Waals surface area contributed by atoms with Crippen LogP contribution in [0.25, 0.3) is 0 Å². The van der Waals surface area contributed by atoms with E-state index in [2.05, 4.69) is 76.9 Å². The van der Waals surface area contributed by atoms with Crippen LogP contribution in [0.3, 0.4) is 0 Å². The van der Waals surface area contributed by atoms with E-state index in [1.165, 1.54) is 17.5 Å². The molecule has 0 amide bonds. The largest absolute Gasteiger partial charge is 0.0881 e. The maximum absolute atomic E-state index is 3.66. The van der Waals surface area contributed by atoms with Crippen LogP contribution in [-0.2, 0) is 5.41 Å². The highest BCUT2D eigenvalue weighted by molar-refractivity contribution is 9.25. The van der Waals surface area contributed by atoms with E-state index in [1.807, 2.05) is 0 Å². The topological polar surface area (TPSA) is 0 Å². The van der Waals surface area contributed by atoms with Crippen molar-refractivity contribution in [2.75, 3.05) is 0 Å². The second kappa shape index (κ2) is 3.59. The Morgan fingerprint density at radius 2 is 1.60 bits per heavy atom. The predicted molar refractivity (Wildman–Crippen MR) is 73.1 cm³/mol. The highest BCUT2D eigenvalue weighted by atomic mass is 79.9. The molecule has 1 aromatic carbocycles. The lowest BCUT2D eigenvalue weighted by atomic mass is 9.86. The smallest absolute Gasteiger partial charge is 0.0720 e. The van der Waals surface area contributed by atoms with Crippen LogP contribution in [0, 0.1) is 0 Å². The summed E-state index contributed by atoms with van der Waals surface area (Å²) >= 11 is 7.33. The molecule has 0 aromatic heterocycles. The van der Waals surface area contributed by atoms with Gasteiger partial charge in [0.15, 0.2) is 0 Å². The zero-order valence-corrected chi connectivity index (χ0v) is 12.5. The standard InChI is InChI=1S/C13H16Br2/c1-12(2,3)10-6-4-9(5-7-10)11-8-13(11,14)15/h4-7,11H,8H2,1-3H3/t11-/m1/s1. The normalized spacial score (nSPS) is 23.9. The van der Waals surface area contributed by atoms with Gasteiger partial charge in [-0.15, -0.1) is 0 Å². The van der Waals surface area contributed by atoms with Gasteiger partial charge in [0.25, 0.3) is 0 Å². The van der Waals surface area contributed by atoms with E-state index in [0.717, 1.165) is 0 Å². The van der Waals surface area contributed by atoms with Gasteiger partial charge in [-0.2, -0.15) is 0 Å². The summed E-state index contributed by atoms with van der Waals surface area (Å²) in [6, 6.07) is 9.03. The monoisotopic (exact) mass is 330 g/mol. The van der Waals surface area contributed by atoms with Gasteiger partial charge in [0, 0.05) is 5.92 Å². The summed E-state index contributed by atoms with van der Waals surface area (Å²) in [5.41, 5.74) is 3.08. The molecule has 1 fully saturated rings. The minimum Gasteiger partial charge on any atom is -0.0720 e. The van der Waals surface area contributed by atoms with Crippen molar-refractivity contribution in [1.29, 1.82) is 0 Å². The molecule has 0 spiro atoms. The molecule has 1 aliphatic carbocycles. The molecule has 82 valence electrons. The molecular weight excluding hydrogens is 316 g/mol. The third kappa shape index (κ3) is 2.47. The Balaban J connectivity index is 2.19. The van der Waals surface area contributed by atoms with Crippen molar-refractivity contribution in [3.63, 3.8) is 0 Å². The average Bonchev–Trinajstić information content (AvgIpc) is 2.74. The maximum Gasteiger partial charge on any atom is 0.0881 e. The van der Waals surface area contributed by atoms with Gasteiger partial charge in [-0.3, -0.25) is 0 Å². The van der Waals surface area contributed by atoms with Crippen LogP contribution in [0.2, 0.25) is 0 Å². The summed E-state index contributed by atoms with van der Waals surface area (Å²) in [6.45, 7) is 6.75. The van der Waals surface area contributed by atoms with E-state index < -0.39 is 0 Å². The minimum absolute atomic E-state index is 0.170. The molecule has 15 heavy (non-hydrogen) atoms. The van der Waals surface area contributed by atoms with Crippen LogP contribution in [0.15, 0.2) is 24.3 Å². The van der Waals surface area contributed by atoms with Crippen LogP contribution < -0.4 is 0 Å². The fourth-order valence-electron chi connectivity index (χ4n) is 1.79. The van der Waals surface area contributed by atoms with E-state index in [0.29, 0.717) is 5.92 Å². The van der Waals surface area contributed by atoms with Gasteiger partial charge in [0.05, 0.1) is 3.23 Å². The molecular formula is C13H16Br2. The molecule has 0 heterocycles. The Labute approximate surface area is 109 Å². The summed E-state index contributed by atoms with van der Waals surface area (Å²) in [5.74, 6) is 0.631. The third-order valence-corrected chi connectivity index (χ3v) is 4.76. The predicted octanol–water partition coefficient (Wildman–Crippen LogP) is 4.96. The summed E-state index contributed by atoms with van der Waals surface area (Å²) in [5, 5.41) is 0. The first-order valence-corrected chi connectivity index (χ1v) is 6.87. The van der Waals surface area contributed by atoms with Crippen LogP contribution in [0.5, 0.6) is 0 Å². The fourth-order valence-corrected chi connectivity index (χ4v) is 2.97. The highest BCUT2D eigenvalue weighted by Crippen LogP contribution is 2.62. The van der Waals surface area contributed by atoms with Gasteiger partial charge in [0.2, 0.25) is 0 Å². The Kier molecular flexibility index (Phi) is 2.79. The van der Waals surface area contributed by atoms with Crippen molar-refractivity contribution in [2.24, 2.45) is 0 Å². The first-order valence-electron chi connectivity index (χ1n) is 5.29. The number of alkyl halides is 2. The second-order valence-corrected chi connectivity index (χ2v) is 9.28. The highest BCUT2D eigenvalue weighted by Gasteiger charge is 2.50. The summed E-state index contributed by atoms with van der Waals surface area (Å²) in [7, 11) is 0. The molecule has 1 aromatic rings. The quantitative estimate of drug-likeness (QED) is 0.638. The molecule has 0 unspecified atom stereocenters. The van der Waals surface area contributed by atoms with Crippen LogP contribution in [0.1, 0.15) is 44.2 Å². The van der Waals surface area contributed by atoms with Crippen molar-refractivity contribution in [1.82, 2.24) is 0 Å². The molecule has 2 heteroatoms. The second-order valence-electron chi connectivity index (χ2n) is 5.39. The Hall–Kier alpha value is 0.180. The Morgan fingerprint density at radius 3 is 1.93 bits per heavy atom. The molecule has 0 N–H and O–H groups in total. The molecule has 1 saturated carbocycles. The van der Waals surface area contributed by atoms with E-state index in [-0.39, 0.29) is 8.65 Å². The average molecular weight is 332 g/mol. The van der Waals surface area contributed by atoms with Crippen molar-refractivity contribution < 1.29 is 0 Å². The van der Waals surface area contributed by atoms with Gasteiger partial charge in [-0.1, -0.05) is 76.9 Å². The van der Waals surface area contributed by atoms with Crippen LogP contribution >= 0.6 is 31.9 Å². The molecule has 1 atom stereocenters. The molecule has 0 bridgehead atoms. The summed E-state index contributed by atoms with van der Waals surface area (Å²) < 4.78 is 0.170. The van der Waals surface area contributed by atoms with Gasteiger partial charge < -0.3 is 0 Å². The first kappa shape index (κ1) is 11.7.